The Hall–Kier alpha value is -4.29. The number of ether oxygens (including phenoxy) is 2. The second-order valence-corrected chi connectivity index (χ2v) is 9.34. The van der Waals surface area contributed by atoms with E-state index in [1.54, 1.807) is 24.1 Å². The lowest BCUT2D eigenvalue weighted by Crippen LogP contribution is -2.45. The molecule has 2 unspecified atom stereocenters. The largest absolute Gasteiger partial charge is 0.497 e. The second kappa shape index (κ2) is 8.98. The SMILES string of the molecule is COc1cc(OC)c(C(=O)N2c3ccccc3C2c2ccc(Cl)cc2)c(C2c3ccccc3N2[C]=O)c1. The van der Waals surface area contributed by atoms with Gasteiger partial charge in [-0.3, -0.25) is 19.4 Å². The number of rotatable bonds is 6. The van der Waals surface area contributed by atoms with Crippen LogP contribution < -0.4 is 19.3 Å². The van der Waals surface area contributed by atoms with E-state index in [-0.39, 0.29) is 11.9 Å². The Balaban J connectivity index is 1.52. The molecule has 4 aromatic rings. The molecule has 7 heteroatoms. The van der Waals surface area contributed by atoms with Gasteiger partial charge in [-0.2, -0.15) is 0 Å². The van der Waals surface area contributed by atoms with Gasteiger partial charge in [0.1, 0.15) is 11.5 Å². The fourth-order valence-electron chi connectivity index (χ4n) is 5.36. The van der Waals surface area contributed by atoms with E-state index in [4.69, 9.17) is 21.1 Å². The molecule has 2 aliphatic rings. The molecule has 0 fully saturated rings. The number of halogens is 1. The number of anilines is 2. The summed E-state index contributed by atoms with van der Waals surface area (Å²) in [5.41, 5.74) is 5.49. The Morgan fingerprint density at radius 2 is 1.46 bits per heavy atom. The Morgan fingerprint density at radius 3 is 2.11 bits per heavy atom. The van der Waals surface area contributed by atoms with Crippen molar-refractivity contribution in [3.8, 4) is 11.5 Å². The molecule has 37 heavy (non-hydrogen) atoms. The molecule has 2 aliphatic heterocycles. The Kier molecular flexibility index (Phi) is 5.61. The average Bonchev–Trinajstić information content (AvgIpc) is 2.90. The maximum absolute atomic E-state index is 14.5. The maximum atomic E-state index is 14.5. The highest BCUT2D eigenvalue weighted by atomic mass is 35.5. The standard InChI is InChI=1S/C30H22ClN2O4/c1-36-20-15-23(29-21-7-3-5-9-24(21)32(29)17-34)27(26(16-20)37-2)30(35)33-25-10-6-4-8-22(25)28(33)18-11-13-19(31)14-12-18/h3-16,28-29H,1-2H3. The summed E-state index contributed by atoms with van der Waals surface area (Å²) in [6, 6.07) is 25.6. The summed E-state index contributed by atoms with van der Waals surface area (Å²) >= 11 is 6.14. The van der Waals surface area contributed by atoms with Crippen molar-refractivity contribution in [2.45, 2.75) is 12.1 Å². The third-order valence-corrected chi connectivity index (χ3v) is 7.32. The monoisotopic (exact) mass is 509 g/mol. The lowest BCUT2D eigenvalue weighted by atomic mass is 9.83. The minimum Gasteiger partial charge on any atom is -0.497 e. The van der Waals surface area contributed by atoms with Crippen molar-refractivity contribution < 1.29 is 19.1 Å². The zero-order valence-electron chi connectivity index (χ0n) is 20.1. The first-order valence-electron chi connectivity index (χ1n) is 11.8. The summed E-state index contributed by atoms with van der Waals surface area (Å²) in [4.78, 5) is 29.7. The van der Waals surface area contributed by atoms with Crippen molar-refractivity contribution in [3.63, 3.8) is 0 Å². The molecule has 183 valence electrons. The lowest BCUT2D eigenvalue weighted by molar-refractivity contribution is 0.0969. The van der Waals surface area contributed by atoms with Gasteiger partial charge in [-0.05, 0) is 41.5 Å². The van der Waals surface area contributed by atoms with Crippen molar-refractivity contribution in [1.29, 1.82) is 0 Å². The Labute approximate surface area is 219 Å². The summed E-state index contributed by atoms with van der Waals surface area (Å²) in [5, 5.41) is 0.627. The predicted molar refractivity (Wildman–Crippen MR) is 143 cm³/mol. The molecule has 4 aromatic carbocycles. The van der Waals surface area contributed by atoms with E-state index in [0.29, 0.717) is 27.6 Å². The molecule has 1 radical (unpaired) electrons. The highest BCUT2D eigenvalue weighted by Gasteiger charge is 2.44. The molecule has 6 rings (SSSR count). The average molecular weight is 510 g/mol. The van der Waals surface area contributed by atoms with Crippen LogP contribution >= 0.6 is 11.6 Å². The van der Waals surface area contributed by atoms with E-state index >= 15 is 0 Å². The fraction of sp³-hybridized carbons (Fsp3) is 0.133. The molecule has 2 amide bonds. The van der Waals surface area contributed by atoms with Crippen LogP contribution in [0.2, 0.25) is 5.02 Å². The van der Waals surface area contributed by atoms with Crippen LogP contribution in [-0.4, -0.2) is 26.5 Å². The molecule has 2 atom stereocenters. The Bertz CT molecular complexity index is 1540. The van der Waals surface area contributed by atoms with E-state index in [2.05, 4.69) is 0 Å². The van der Waals surface area contributed by atoms with Crippen LogP contribution in [0.1, 0.15) is 44.7 Å². The molecular weight excluding hydrogens is 488 g/mol. The number of benzene rings is 4. The van der Waals surface area contributed by atoms with Crippen LogP contribution in [-0.2, 0) is 4.79 Å². The fourth-order valence-corrected chi connectivity index (χ4v) is 5.49. The molecule has 0 N–H and O–H groups in total. The van der Waals surface area contributed by atoms with Crippen LogP contribution in [0.4, 0.5) is 11.4 Å². The predicted octanol–water partition coefficient (Wildman–Crippen LogP) is 6.08. The van der Waals surface area contributed by atoms with E-state index in [1.165, 1.54) is 12.0 Å². The third kappa shape index (κ3) is 3.48. The minimum absolute atomic E-state index is 0.233. The number of nitrogens with zero attached hydrogens (tertiary/aromatic N) is 2. The van der Waals surface area contributed by atoms with Gasteiger partial charge in [0, 0.05) is 22.2 Å². The van der Waals surface area contributed by atoms with Gasteiger partial charge in [0.05, 0.1) is 43.2 Å². The first-order chi connectivity index (χ1) is 18.1. The van der Waals surface area contributed by atoms with Gasteiger partial charge < -0.3 is 9.47 Å². The number of hydrogen-bond acceptors (Lipinski definition) is 4. The second-order valence-electron chi connectivity index (χ2n) is 8.90. The number of para-hydroxylation sites is 2. The van der Waals surface area contributed by atoms with Crippen molar-refractivity contribution in [3.05, 3.63) is 118 Å². The van der Waals surface area contributed by atoms with Gasteiger partial charge >= 0.3 is 6.41 Å². The number of hydrogen-bond donors (Lipinski definition) is 0. The molecule has 0 aromatic heterocycles. The highest BCUT2D eigenvalue weighted by Crippen LogP contribution is 2.52. The van der Waals surface area contributed by atoms with Crippen LogP contribution in [0.5, 0.6) is 11.5 Å². The van der Waals surface area contributed by atoms with Gasteiger partial charge in [0.15, 0.2) is 0 Å². The molecule has 6 nitrogen and oxygen atoms in total. The normalized spacial score (nSPS) is 17.2. The van der Waals surface area contributed by atoms with Crippen LogP contribution in [0.3, 0.4) is 0 Å². The van der Waals surface area contributed by atoms with E-state index in [9.17, 15) is 9.59 Å². The Morgan fingerprint density at radius 1 is 0.811 bits per heavy atom. The van der Waals surface area contributed by atoms with Crippen LogP contribution in [0, 0.1) is 0 Å². The zero-order valence-corrected chi connectivity index (χ0v) is 20.9. The first-order valence-corrected chi connectivity index (χ1v) is 12.1. The number of amides is 2. The van der Waals surface area contributed by atoms with E-state index < -0.39 is 6.04 Å². The van der Waals surface area contributed by atoms with Crippen LogP contribution in [0.15, 0.2) is 84.9 Å². The maximum Gasteiger partial charge on any atom is 0.317 e. The number of fused-ring (bicyclic) bond motifs is 2. The summed E-state index contributed by atoms with van der Waals surface area (Å²) in [6.07, 6.45) is 2.02. The zero-order chi connectivity index (χ0) is 25.7. The molecule has 0 aliphatic carbocycles. The first kappa shape index (κ1) is 23.1. The highest BCUT2D eigenvalue weighted by molar-refractivity contribution is 6.30. The number of carbonyl (C=O) groups is 1. The van der Waals surface area contributed by atoms with Gasteiger partial charge in [-0.15, -0.1) is 0 Å². The number of carbonyl (C=O) groups excluding carboxylic acids is 2. The van der Waals surface area contributed by atoms with Crippen LogP contribution in [0.25, 0.3) is 0 Å². The van der Waals surface area contributed by atoms with Gasteiger partial charge in [0.2, 0.25) is 0 Å². The van der Waals surface area contributed by atoms with E-state index in [0.717, 1.165) is 28.1 Å². The van der Waals surface area contributed by atoms with Gasteiger partial charge in [0.25, 0.3) is 5.91 Å². The number of methoxy groups -OCH3 is 2. The summed E-state index contributed by atoms with van der Waals surface area (Å²) in [7, 11) is 3.08. The minimum atomic E-state index is -0.498. The van der Waals surface area contributed by atoms with E-state index in [1.807, 2.05) is 79.2 Å². The quantitative estimate of drug-likeness (QED) is 0.316. The van der Waals surface area contributed by atoms with Crippen molar-refractivity contribution in [2.24, 2.45) is 0 Å². The molecule has 2 heterocycles. The molecule has 0 saturated heterocycles. The molecule has 0 saturated carbocycles. The topological polar surface area (TPSA) is 59.1 Å². The molecule has 0 bridgehead atoms. The smallest absolute Gasteiger partial charge is 0.317 e. The molecular formula is C30H22ClN2O4. The third-order valence-electron chi connectivity index (χ3n) is 7.07. The summed E-state index contributed by atoms with van der Waals surface area (Å²) in [5.74, 6) is 0.661. The molecule has 0 spiro atoms. The lowest BCUT2D eigenvalue weighted by Gasteiger charge is -2.45. The van der Waals surface area contributed by atoms with Crippen molar-refractivity contribution in [2.75, 3.05) is 24.0 Å². The summed E-state index contributed by atoms with van der Waals surface area (Å²) in [6.45, 7) is 0. The summed E-state index contributed by atoms with van der Waals surface area (Å²) < 4.78 is 11.3. The van der Waals surface area contributed by atoms with Crippen molar-refractivity contribution in [1.82, 2.24) is 0 Å². The van der Waals surface area contributed by atoms with Gasteiger partial charge in [-0.1, -0.05) is 60.1 Å². The van der Waals surface area contributed by atoms with Crippen molar-refractivity contribution >= 4 is 35.3 Å². The van der Waals surface area contributed by atoms with Gasteiger partial charge in [-0.25, -0.2) is 0 Å².